The summed E-state index contributed by atoms with van der Waals surface area (Å²) in [5.41, 5.74) is 2.88. The summed E-state index contributed by atoms with van der Waals surface area (Å²) in [6.45, 7) is 6.21. The van der Waals surface area contributed by atoms with Crippen LogP contribution in [0.2, 0.25) is 0 Å². The molecule has 0 unspecified atom stereocenters. The van der Waals surface area contributed by atoms with Crippen molar-refractivity contribution in [1.82, 2.24) is 4.90 Å². The average molecular weight is 451 g/mol. The number of aromatic carboxylic acids is 1. The third kappa shape index (κ3) is 5.90. The largest absolute Gasteiger partial charge is 0.478 e. The van der Waals surface area contributed by atoms with E-state index in [4.69, 9.17) is 14.8 Å². The summed E-state index contributed by atoms with van der Waals surface area (Å²) in [5, 5.41) is 12.5. The van der Waals surface area contributed by atoms with Gasteiger partial charge in [0.25, 0.3) is 0 Å². The number of benzene rings is 2. The molecule has 174 valence electrons. The maximum absolute atomic E-state index is 11.5. The fourth-order valence-corrected chi connectivity index (χ4v) is 4.10. The number of nitrogens with zero attached hydrogens (tertiary/aromatic N) is 3. The molecule has 2 aliphatic rings. The third-order valence-corrected chi connectivity index (χ3v) is 6.07. The molecule has 1 atom stereocenters. The van der Waals surface area contributed by atoms with Crippen LogP contribution in [0.3, 0.4) is 0 Å². The van der Waals surface area contributed by atoms with Crippen LogP contribution in [0.25, 0.3) is 0 Å². The van der Waals surface area contributed by atoms with E-state index in [0.29, 0.717) is 6.54 Å². The van der Waals surface area contributed by atoms with Gasteiger partial charge in [0.1, 0.15) is 0 Å². The molecule has 0 spiro atoms. The molecule has 0 aromatic heterocycles. The number of aliphatic imine (C=N–C) groups is 1. The van der Waals surface area contributed by atoms with Gasteiger partial charge >= 0.3 is 5.97 Å². The first-order valence-electron chi connectivity index (χ1n) is 11.4. The molecular weight excluding hydrogens is 420 g/mol. The van der Waals surface area contributed by atoms with Crippen molar-refractivity contribution in [2.75, 3.05) is 49.5 Å². The normalized spacial score (nSPS) is 18.9. The Morgan fingerprint density at radius 1 is 1.03 bits per heavy atom. The topological polar surface area (TPSA) is 94.5 Å². The van der Waals surface area contributed by atoms with Gasteiger partial charge in [-0.2, -0.15) is 0 Å². The SMILES string of the molecule is CC(=O)c1ccc(N2CCN(C(=NC[C@H]3CCCO3)Nc3ccc(C(=O)O)cc3)CC2)cc1. The highest BCUT2D eigenvalue weighted by Gasteiger charge is 2.22. The van der Waals surface area contributed by atoms with E-state index in [1.165, 1.54) is 0 Å². The number of carboxylic acid groups (broad SMARTS) is 1. The van der Waals surface area contributed by atoms with Crippen LogP contribution in [0, 0.1) is 0 Å². The Morgan fingerprint density at radius 2 is 1.70 bits per heavy atom. The fourth-order valence-electron chi connectivity index (χ4n) is 4.10. The smallest absolute Gasteiger partial charge is 0.335 e. The number of Topliss-reactive ketones (excluding diaryl/α,β-unsaturated/α-hetero) is 1. The van der Waals surface area contributed by atoms with Crippen LogP contribution in [-0.2, 0) is 4.74 Å². The molecule has 2 aliphatic heterocycles. The molecule has 33 heavy (non-hydrogen) atoms. The molecule has 2 fully saturated rings. The van der Waals surface area contributed by atoms with Crippen LogP contribution >= 0.6 is 0 Å². The number of rotatable bonds is 6. The zero-order valence-electron chi connectivity index (χ0n) is 18.9. The van der Waals surface area contributed by atoms with Gasteiger partial charge < -0.3 is 25.0 Å². The van der Waals surface area contributed by atoms with Gasteiger partial charge in [-0.25, -0.2) is 4.79 Å². The van der Waals surface area contributed by atoms with E-state index in [1.807, 2.05) is 24.3 Å². The van der Waals surface area contributed by atoms with E-state index in [2.05, 4.69) is 15.1 Å². The lowest BCUT2D eigenvalue weighted by atomic mass is 10.1. The number of ketones is 1. The first-order chi connectivity index (χ1) is 16.0. The first-order valence-corrected chi connectivity index (χ1v) is 11.4. The molecule has 2 N–H and O–H groups in total. The van der Waals surface area contributed by atoms with Gasteiger partial charge in [-0.3, -0.25) is 9.79 Å². The van der Waals surface area contributed by atoms with E-state index in [1.54, 1.807) is 31.2 Å². The van der Waals surface area contributed by atoms with Crippen LogP contribution in [0.4, 0.5) is 11.4 Å². The summed E-state index contributed by atoms with van der Waals surface area (Å²) in [5.74, 6) is -0.0950. The van der Waals surface area contributed by atoms with Gasteiger partial charge in [-0.1, -0.05) is 0 Å². The lowest BCUT2D eigenvalue weighted by Crippen LogP contribution is -2.51. The number of hydrogen-bond acceptors (Lipinski definition) is 5. The monoisotopic (exact) mass is 450 g/mol. The van der Waals surface area contributed by atoms with Crippen molar-refractivity contribution in [2.45, 2.75) is 25.9 Å². The summed E-state index contributed by atoms with van der Waals surface area (Å²) in [7, 11) is 0. The molecule has 0 aliphatic carbocycles. The van der Waals surface area contributed by atoms with Gasteiger partial charge in [0.05, 0.1) is 18.2 Å². The minimum absolute atomic E-state index is 0.0703. The predicted molar refractivity (Wildman–Crippen MR) is 129 cm³/mol. The Balaban J connectivity index is 1.43. The Labute approximate surface area is 193 Å². The number of anilines is 2. The zero-order chi connectivity index (χ0) is 23.2. The maximum Gasteiger partial charge on any atom is 0.335 e. The summed E-state index contributed by atoms with van der Waals surface area (Å²) in [4.78, 5) is 32.0. The fraction of sp³-hybridized carbons (Fsp3) is 0.400. The van der Waals surface area contributed by atoms with Crippen molar-refractivity contribution in [3.8, 4) is 0 Å². The van der Waals surface area contributed by atoms with Crippen molar-refractivity contribution in [1.29, 1.82) is 0 Å². The van der Waals surface area contributed by atoms with E-state index in [0.717, 1.165) is 68.5 Å². The number of hydrogen-bond donors (Lipinski definition) is 2. The molecule has 0 amide bonds. The van der Waals surface area contributed by atoms with Crippen LogP contribution < -0.4 is 10.2 Å². The van der Waals surface area contributed by atoms with Crippen molar-refractivity contribution >= 4 is 29.1 Å². The van der Waals surface area contributed by atoms with E-state index < -0.39 is 5.97 Å². The van der Waals surface area contributed by atoms with E-state index in [9.17, 15) is 9.59 Å². The van der Waals surface area contributed by atoms with E-state index >= 15 is 0 Å². The molecule has 0 radical (unpaired) electrons. The van der Waals surface area contributed by atoms with Crippen LogP contribution in [0.15, 0.2) is 53.5 Å². The number of ether oxygens (including phenoxy) is 1. The minimum atomic E-state index is -0.943. The Bertz CT molecular complexity index is 990. The van der Waals surface area contributed by atoms with Crippen molar-refractivity contribution in [3.05, 3.63) is 59.7 Å². The van der Waals surface area contributed by atoms with Gasteiger partial charge in [-0.15, -0.1) is 0 Å². The van der Waals surface area contributed by atoms with Gasteiger partial charge in [0.2, 0.25) is 0 Å². The number of carbonyl (C=O) groups is 2. The maximum atomic E-state index is 11.5. The summed E-state index contributed by atoms with van der Waals surface area (Å²) in [6, 6.07) is 14.5. The van der Waals surface area contributed by atoms with E-state index in [-0.39, 0.29) is 17.5 Å². The molecule has 8 nitrogen and oxygen atoms in total. The van der Waals surface area contributed by atoms with Crippen LogP contribution in [0.1, 0.15) is 40.5 Å². The first kappa shape index (κ1) is 22.8. The Hall–Kier alpha value is -3.39. The molecule has 2 saturated heterocycles. The van der Waals surface area contributed by atoms with Crippen LogP contribution in [-0.4, -0.2) is 73.2 Å². The number of piperazine rings is 1. The van der Waals surface area contributed by atoms with Crippen molar-refractivity contribution < 1.29 is 19.4 Å². The highest BCUT2D eigenvalue weighted by molar-refractivity contribution is 5.95. The predicted octanol–water partition coefficient (Wildman–Crippen LogP) is 3.36. The molecule has 4 rings (SSSR count). The Morgan fingerprint density at radius 3 is 2.27 bits per heavy atom. The lowest BCUT2D eigenvalue weighted by molar-refractivity contribution is 0.0696. The van der Waals surface area contributed by atoms with Crippen LogP contribution in [0.5, 0.6) is 0 Å². The van der Waals surface area contributed by atoms with Crippen molar-refractivity contribution in [3.63, 3.8) is 0 Å². The number of carboxylic acids is 1. The van der Waals surface area contributed by atoms with Gasteiger partial charge in [0.15, 0.2) is 11.7 Å². The molecule has 8 heteroatoms. The number of guanidine groups is 1. The molecule has 2 heterocycles. The second-order valence-electron chi connectivity index (χ2n) is 8.38. The second kappa shape index (κ2) is 10.5. The minimum Gasteiger partial charge on any atom is -0.478 e. The molecule has 0 bridgehead atoms. The number of carbonyl (C=O) groups excluding carboxylic acids is 1. The molecule has 2 aromatic carbocycles. The quantitative estimate of drug-likeness (QED) is 0.396. The van der Waals surface area contributed by atoms with Crippen molar-refractivity contribution in [2.24, 2.45) is 4.99 Å². The van der Waals surface area contributed by atoms with Gasteiger partial charge in [0, 0.05) is 49.7 Å². The molecular formula is C25H30N4O4. The summed E-state index contributed by atoms with van der Waals surface area (Å²) < 4.78 is 5.73. The molecule has 2 aromatic rings. The number of nitrogens with one attached hydrogen (secondary N) is 1. The summed E-state index contributed by atoms with van der Waals surface area (Å²) in [6.07, 6.45) is 2.24. The average Bonchev–Trinajstić information content (AvgIpc) is 3.36. The van der Waals surface area contributed by atoms with Gasteiger partial charge in [-0.05, 0) is 68.3 Å². The lowest BCUT2D eigenvalue weighted by Gasteiger charge is -2.38. The highest BCUT2D eigenvalue weighted by Crippen LogP contribution is 2.19. The summed E-state index contributed by atoms with van der Waals surface area (Å²) >= 11 is 0. The zero-order valence-corrected chi connectivity index (χ0v) is 18.9. The highest BCUT2D eigenvalue weighted by atomic mass is 16.5. The third-order valence-electron chi connectivity index (χ3n) is 6.07. The molecule has 0 saturated carbocycles. The standard InChI is InChI=1S/C25H30N4O4/c1-18(30)19-6-10-22(11-7-19)28-12-14-29(15-13-28)25(26-17-23-3-2-16-33-23)27-21-8-4-20(5-9-21)24(31)32/h4-11,23H,2-3,12-17H2,1H3,(H,26,27)(H,31,32)/t23-/m1/s1. The Kier molecular flexibility index (Phi) is 7.24. The second-order valence-corrected chi connectivity index (χ2v) is 8.38.